The van der Waals surface area contributed by atoms with Crippen molar-refractivity contribution in [3.05, 3.63) is 18.2 Å². The predicted molar refractivity (Wildman–Crippen MR) is 77.1 cm³/mol. The Morgan fingerprint density at radius 1 is 1.37 bits per heavy atom. The van der Waals surface area contributed by atoms with Gasteiger partial charge in [-0.05, 0) is 26.3 Å². The molecule has 0 saturated heterocycles. The molecule has 1 aliphatic carbocycles. The lowest BCUT2D eigenvalue weighted by Crippen LogP contribution is -2.48. The fourth-order valence-corrected chi connectivity index (χ4v) is 3.33. The van der Waals surface area contributed by atoms with Crippen molar-refractivity contribution in [2.24, 2.45) is 0 Å². The van der Waals surface area contributed by atoms with Crippen molar-refractivity contribution in [1.29, 1.82) is 0 Å². The number of hydrogen-bond donors (Lipinski definition) is 1. The minimum absolute atomic E-state index is 0.0907. The number of imidazole rings is 1. The molecule has 0 amide bonds. The van der Waals surface area contributed by atoms with Gasteiger partial charge in [0.25, 0.3) is 0 Å². The molecule has 4 heteroatoms. The van der Waals surface area contributed by atoms with Crippen LogP contribution in [0.15, 0.2) is 12.4 Å². The summed E-state index contributed by atoms with van der Waals surface area (Å²) in [6.45, 7) is 6.20. The van der Waals surface area contributed by atoms with Gasteiger partial charge in [0.15, 0.2) is 0 Å². The zero-order valence-corrected chi connectivity index (χ0v) is 12.5. The SMILES string of the molecule is CCNC(c1nccn1CC)C1(OC)CCCCC1. The molecule has 0 aliphatic heterocycles. The number of nitrogens with one attached hydrogen (secondary N) is 1. The Morgan fingerprint density at radius 3 is 2.68 bits per heavy atom. The fraction of sp³-hybridized carbons (Fsp3) is 0.800. The van der Waals surface area contributed by atoms with Gasteiger partial charge in [-0.1, -0.05) is 26.2 Å². The molecule has 1 aromatic rings. The summed E-state index contributed by atoms with van der Waals surface area (Å²) in [5.41, 5.74) is -0.0907. The third-order valence-corrected chi connectivity index (χ3v) is 4.39. The summed E-state index contributed by atoms with van der Waals surface area (Å²) in [5, 5.41) is 3.61. The van der Waals surface area contributed by atoms with Crippen LogP contribution in [0.2, 0.25) is 0 Å². The van der Waals surface area contributed by atoms with E-state index in [-0.39, 0.29) is 11.6 Å². The van der Waals surface area contributed by atoms with Gasteiger partial charge in [-0.3, -0.25) is 0 Å². The summed E-state index contributed by atoms with van der Waals surface area (Å²) in [6.07, 6.45) is 10.0. The first-order valence-corrected chi connectivity index (χ1v) is 7.57. The standard InChI is InChI=1S/C15H27N3O/c1-4-16-13(14-17-11-12-18(14)5-2)15(19-3)9-7-6-8-10-15/h11-13,16H,4-10H2,1-3H3. The van der Waals surface area contributed by atoms with Crippen LogP contribution in [0.5, 0.6) is 0 Å². The molecule has 2 rings (SSSR count). The summed E-state index contributed by atoms with van der Waals surface area (Å²) < 4.78 is 8.23. The number of ether oxygens (including phenoxy) is 1. The van der Waals surface area contributed by atoms with Crippen LogP contribution >= 0.6 is 0 Å². The average molecular weight is 265 g/mol. The largest absolute Gasteiger partial charge is 0.376 e. The molecule has 1 saturated carbocycles. The number of aryl methyl sites for hydroxylation is 1. The van der Waals surface area contributed by atoms with Crippen LogP contribution in [0.25, 0.3) is 0 Å². The molecule has 1 aliphatic rings. The Bertz CT molecular complexity index is 382. The third-order valence-electron chi connectivity index (χ3n) is 4.39. The maximum Gasteiger partial charge on any atom is 0.128 e. The molecule has 1 N–H and O–H groups in total. The van der Waals surface area contributed by atoms with Crippen LogP contribution < -0.4 is 5.32 Å². The smallest absolute Gasteiger partial charge is 0.128 e. The fourth-order valence-electron chi connectivity index (χ4n) is 3.33. The summed E-state index contributed by atoms with van der Waals surface area (Å²) >= 11 is 0. The van der Waals surface area contributed by atoms with Gasteiger partial charge in [-0.25, -0.2) is 4.98 Å². The van der Waals surface area contributed by atoms with Gasteiger partial charge < -0.3 is 14.6 Å². The lowest BCUT2D eigenvalue weighted by molar-refractivity contribution is -0.0711. The van der Waals surface area contributed by atoms with E-state index in [1.807, 2.05) is 13.3 Å². The molecular weight excluding hydrogens is 238 g/mol. The number of aromatic nitrogens is 2. The Labute approximate surface area is 116 Å². The molecule has 1 fully saturated rings. The zero-order valence-electron chi connectivity index (χ0n) is 12.5. The maximum absolute atomic E-state index is 6.00. The lowest BCUT2D eigenvalue weighted by Gasteiger charge is -2.42. The monoisotopic (exact) mass is 265 g/mol. The lowest BCUT2D eigenvalue weighted by atomic mass is 9.78. The van der Waals surface area contributed by atoms with E-state index in [2.05, 4.69) is 34.9 Å². The van der Waals surface area contributed by atoms with Gasteiger partial charge in [0.2, 0.25) is 0 Å². The molecular formula is C15H27N3O. The second kappa shape index (κ2) is 6.53. The van der Waals surface area contributed by atoms with Crippen molar-refractivity contribution in [1.82, 2.24) is 14.9 Å². The molecule has 0 aromatic carbocycles. The molecule has 1 unspecified atom stereocenters. The second-order valence-corrected chi connectivity index (χ2v) is 5.39. The summed E-state index contributed by atoms with van der Waals surface area (Å²) in [6, 6.07) is 0.192. The number of hydrogen-bond acceptors (Lipinski definition) is 3. The van der Waals surface area contributed by atoms with Crippen LogP contribution in [0, 0.1) is 0 Å². The highest BCUT2D eigenvalue weighted by atomic mass is 16.5. The molecule has 4 nitrogen and oxygen atoms in total. The number of rotatable bonds is 6. The highest BCUT2D eigenvalue weighted by Crippen LogP contribution is 2.40. The van der Waals surface area contributed by atoms with E-state index in [9.17, 15) is 0 Å². The van der Waals surface area contributed by atoms with Crippen LogP contribution in [-0.2, 0) is 11.3 Å². The van der Waals surface area contributed by atoms with Crippen molar-refractivity contribution < 1.29 is 4.74 Å². The highest BCUT2D eigenvalue weighted by Gasteiger charge is 2.42. The van der Waals surface area contributed by atoms with E-state index in [1.165, 1.54) is 19.3 Å². The van der Waals surface area contributed by atoms with Gasteiger partial charge in [0.1, 0.15) is 5.82 Å². The van der Waals surface area contributed by atoms with E-state index in [0.717, 1.165) is 31.8 Å². The number of likely N-dealkylation sites (N-methyl/N-ethyl adjacent to an activating group) is 1. The summed E-state index contributed by atoms with van der Waals surface area (Å²) in [4.78, 5) is 4.59. The van der Waals surface area contributed by atoms with Crippen LogP contribution in [0.1, 0.15) is 57.8 Å². The molecule has 108 valence electrons. The topological polar surface area (TPSA) is 39.1 Å². The number of nitrogens with zero attached hydrogens (tertiary/aromatic N) is 2. The third kappa shape index (κ3) is 2.84. The van der Waals surface area contributed by atoms with Gasteiger partial charge in [-0.2, -0.15) is 0 Å². The second-order valence-electron chi connectivity index (χ2n) is 5.39. The Morgan fingerprint density at radius 2 is 2.11 bits per heavy atom. The Hall–Kier alpha value is -0.870. The van der Waals surface area contributed by atoms with E-state index >= 15 is 0 Å². The number of methoxy groups -OCH3 is 1. The Kier molecular flexibility index (Phi) is 4.99. The van der Waals surface area contributed by atoms with Crippen molar-refractivity contribution in [2.75, 3.05) is 13.7 Å². The van der Waals surface area contributed by atoms with Crippen molar-refractivity contribution in [3.8, 4) is 0 Å². The van der Waals surface area contributed by atoms with E-state index in [1.54, 1.807) is 0 Å². The van der Waals surface area contributed by atoms with Gasteiger partial charge in [0, 0.05) is 26.0 Å². The highest BCUT2D eigenvalue weighted by molar-refractivity contribution is 5.09. The van der Waals surface area contributed by atoms with Crippen molar-refractivity contribution in [2.45, 2.75) is 64.1 Å². The molecule has 0 radical (unpaired) electrons. The predicted octanol–water partition coefficient (Wildman–Crippen LogP) is 2.90. The van der Waals surface area contributed by atoms with Gasteiger partial charge >= 0.3 is 0 Å². The van der Waals surface area contributed by atoms with Crippen molar-refractivity contribution >= 4 is 0 Å². The van der Waals surface area contributed by atoms with E-state index in [0.29, 0.717) is 0 Å². The molecule has 1 heterocycles. The molecule has 0 bridgehead atoms. The van der Waals surface area contributed by atoms with Crippen LogP contribution in [0.3, 0.4) is 0 Å². The normalized spacial score (nSPS) is 20.4. The minimum atomic E-state index is -0.0907. The zero-order chi connectivity index (χ0) is 13.7. The molecule has 1 atom stereocenters. The first-order chi connectivity index (χ1) is 9.27. The van der Waals surface area contributed by atoms with Crippen molar-refractivity contribution in [3.63, 3.8) is 0 Å². The first kappa shape index (κ1) is 14.5. The molecule has 19 heavy (non-hydrogen) atoms. The van der Waals surface area contributed by atoms with Crippen LogP contribution in [-0.4, -0.2) is 28.8 Å². The van der Waals surface area contributed by atoms with Crippen LogP contribution in [0.4, 0.5) is 0 Å². The van der Waals surface area contributed by atoms with E-state index < -0.39 is 0 Å². The average Bonchev–Trinajstić information content (AvgIpc) is 2.93. The van der Waals surface area contributed by atoms with Gasteiger partial charge in [0.05, 0.1) is 11.6 Å². The van der Waals surface area contributed by atoms with E-state index in [4.69, 9.17) is 4.74 Å². The Balaban J connectivity index is 2.32. The molecule has 1 aromatic heterocycles. The quantitative estimate of drug-likeness (QED) is 0.859. The summed E-state index contributed by atoms with van der Waals surface area (Å²) in [5.74, 6) is 1.12. The first-order valence-electron chi connectivity index (χ1n) is 7.57. The minimum Gasteiger partial charge on any atom is -0.376 e. The van der Waals surface area contributed by atoms with Gasteiger partial charge in [-0.15, -0.1) is 0 Å². The molecule has 0 spiro atoms. The summed E-state index contributed by atoms with van der Waals surface area (Å²) in [7, 11) is 1.86. The maximum atomic E-state index is 6.00.